The van der Waals surface area contributed by atoms with Crippen molar-refractivity contribution in [2.75, 3.05) is 11.9 Å². The maximum Gasteiger partial charge on any atom is 0.238 e. The van der Waals surface area contributed by atoms with Crippen LogP contribution in [0.25, 0.3) is 0 Å². The normalized spacial score (nSPS) is 21.0. The molecule has 0 spiro atoms. The predicted molar refractivity (Wildman–Crippen MR) is 70.3 cm³/mol. The van der Waals surface area contributed by atoms with E-state index in [0.29, 0.717) is 23.0 Å². The van der Waals surface area contributed by atoms with Gasteiger partial charge in [-0.05, 0) is 30.0 Å². The van der Waals surface area contributed by atoms with Crippen molar-refractivity contribution in [3.8, 4) is 0 Å². The molecule has 1 atom stereocenters. The van der Waals surface area contributed by atoms with Gasteiger partial charge in [-0.15, -0.1) is 0 Å². The molecule has 92 valence electrons. The third-order valence-corrected chi connectivity index (χ3v) is 3.37. The zero-order chi connectivity index (χ0) is 12.5. The number of anilines is 1. The van der Waals surface area contributed by atoms with Crippen molar-refractivity contribution < 1.29 is 4.79 Å². The molecule has 3 nitrogen and oxygen atoms in total. The number of carbonyl (C=O) groups excluding carboxylic acids is 1. The molecule has 1 aliphatic carbocycles. The fourth-order valence-electron chi connectivity index (χ4n) is 1.80. The Morgan fingerprint density at radius 3 is 2.82 bits per heavy atom. The van der Waals surface area contributed by atoms with E-state index >= 15 is 0 Å². The van der Waals surface area contributed by atoms with Crippen LogP contribution in [0.5, 0.6) is 0 Å². The van der Waals surface area contributed by atoms with Gasteiger partial charge in [0.15, 0.2) is 0 Å². The van der Waals surface area contributed by atoms with Gasteiger partial charge in [0.05, 0.1) is 6.54 Å². The summed E-state index contributed by atoms with van der Waals surface area (Å²) in [5, 5.41) is 6.67. The van der Waals surface area contributed by atoms with Gasteiger partial charge in [-0.1, -0.05) is 31.5 Å². The average molecular weight is 253 g/mol. The molecule has 1 fully saturated rings. The summed E-state index contributed by atoms with van der Waals surface area (Å²) in [6, 6.07) is 7.62. The van der Waals surface area contributed by atoms with Crippen LogP contribution >= 0.6 is 11.6 Å². The summed E-state index contributed by atoms with van der Waals surface area (Å²) in [4.78, 5) is 11.7. The van der Waals surface area contributed by atoms with Crippen molar-refractivity contribution in [2.45, 2.75) is 26.3 Å². The number of nitrogens with one attached hydrogen (secondary N) is 2. The molecule has 1 aromatic carbocycles. The van der Waals surface area contributed by atoms with Crippen molar-refractivity contribution in [3.05, 3.63) is 29.3 Å². The Hall–Kier alpha value is -1.06. The molecule has 0 aliphatic heterocycles. The van der Waals surface area contributed by atoms with Crippen LogP contribution in [0.2, 0.25) is 5.02 Å². The SMILES string of the molecule is CC1(C)CC1NCC(=O)Nc1cccc(Cl)c1. The molecule has 0 heterocycles. The topological polar surface area (TPSA) is 41.1 Å². The van der Waals surface area contributed by atoms with E-state index in [0.717, 1.165) is 12.1 Å². The average Bonchev–Trinajstić information content (AvgIpc) is 2.84. The second-order valence-corrected chi connectivity index (χ2v) is 5.62. The number of amides is 1. The third-order valence-electron chi connectivity index (χ3n) is 3.13. The number of rotatable bonds is 4. The highest BCUT2D eigenvalue weighted by molar-refractivity contribution is 6.30. The van der Waals surface area contributed by atoms with Gasteiger partial charge in [-0.3, -0.25) is 4.79 Å². The minimum absolute atomic E-state index is 0.0324. The van der Waals surface area contributed by atoms with Crippen LogP contribution in [0.3, 0.4) is 0 Å². The van der Waals surface area contributed by atoms with Gasteiger partial charge in [0.25, 0.3) is 0 Å². The van der Waals surface area contributed by atoms with Crippen LogP contribution in [0.4, 0.5) is 5.69 Å². The van der Waals surface area contributed by atoms with Gasteiger partial charge in [0.1, 0.15) is 0 Å². The first-order chi connectivity index (χ1) is 7.97. The van der Waals surface area contributed by atoms with E-state index in [1.807, 2.05) is 12.1 Å². The van der Waals surface area contributed by atoms with Crippen molar-refractivity contribution in [2.24, 2.45) is 5.41 Å². The predicted octanol–water partition coefficient (Wildman–Crippen LogP) is 2.67. The van der Waals surface area contributed by atoms with Crippen LogP contribution in [0.15, 0.2) is 24.3 Å². The van der Waals surface area contributed by atoms with E-state index < -0.39 is 0 Å². The number of benzene rings is 1. The van der Waals surface area contributed by atoms with E-state index in [9.17, 15) is 4.79 Å². The van der Waals surface area contributed by atoms with E-state index in [1.54, 1.807) is 12.1 Å². The molecule has 4 heteroatoms. The van der Waals surface area contributed by atoms with Crippen LogP contribution < -0.4 is 10.6 Å². The third kappa shape index (κ3) is 3.45. The maximum atomic E-state index is 11.7. The van der Waals surface area contributed by atoms with E-state index in [2.05, 4.69) is 24.5 Å². The smallest absolute Gasteiger partial charge is 0.238 e. The molecule has 1 saturated carbocycles. The van der Waals surface area contributed by atoms with Crippen LogP contribution in [-0.2, 0) is 4.79 Å². The van der Waals surface area contributed by atoms with Crippen LogP contribution in [0.1, 0.15) is 20.3 Å². The molecule has 0 aromatic heterocycles. The molecule has 1 unspecified atom stereocenters. The molecular weight excluding hydrogens is 236 g/mol. The van der Waals surface area contributed by atoms with Crippen molar-refractivity contribution in [3.63, 3.8) is 0 Å². The van der Waals surface area contributed by atoms with Crippen LogP contribution in [0, 0.1) is 5.41 Å². The molecule has 0 bridgehead atoms. The van der Waals surface area contributed by atoms with Gasteiger partial charge in [-0.25, -0.2) is 0 Å². The molecule has 0 saturated heterocycles. The largest absolute Gasteiger partial charge is 0.325 e. The Bertz CT molecular complexity index is 431. The Morgan fingerprint density at radius 1 is 1.53 bits per heavy atom. The summed E-state index contributed by atoms with van der Waals surface area (Å²) in [7, 11) is 0. The lowest BCUT2D eigenvalue weighted by Gasteiger charge is -2.08. The summed E-state index contributed by atoms with van der Waals surface area (Å²) in [6.07, 6.45) is 1.14. The number of halogens is 1. The zero-order valence-corrected chi connectivity index (χ0v) is 10.8. The monoisotopic (exact) mass is 252 g/mol. The zero-order valence-electron chi connectivity index (χ0n) is 10.1. The minimum Gasteiger partial charge on any atom is -0.325 e. The summed E-state index contributed by atoms with van der Waals surface area (Å²) in [5.74, 6) is -0.0324. The minimum atomic E-state index is -0.0324. The molecule has 2 N–H and O–H groups in total. The Morgan fingerprint density at radius 2 is 2.24 bits per heavy atom. The Balaban J connectivity index is 1.78. The summed E-state index contributed by atoms with van der Waals surface area (Å²) in [6.45, 7) is 4.74. The van der Waals surface area contributed by atoms with Gasteiger partial charge < -0.3 is 10.6 Å². The summed E-state index contributed by atoms with van der Waals surface area (Å²) < 4.78 is 0. The van der Waals surface area contributed by atoms with E-state index in [-0.39, 0.29) is 5.91 Å². The van der Waals surface area contributed by atoms with E-state index in [1.165, 1.54) is 0 Å². The molecule has 0 radical (unpaired) electrons. The number of hydrogen-bond donors (Lipinski definition) is 2. The highest BCUT2D eigenvalue weighted by Gasteiger charge is 2.45. The lowest BCUT2D eigenvalue weighted by Crippen LogP contribution is -2.31. The molecule has 1 aromatic rings. The first-order valence-electron chi connectivity index (χ1n) is 5.76. The Labute approximate surface area is 107 Å². The van der Waals surface area contributed by atoms with Gasteiger partial charge in [-0.2, -0.15) is 0 Å². The van der Waals surface area contributed by atoms with Crippen LogP contribution in [-0.4, -0.2) is 18.5 Å². The molecule has 1 aliphatic rings. The second-order valence-electron chi connectivity index (χ2n) is 5.18. The van der Waals surface area contributed by atoms with Gasteiger partial charge in [0, 0.05) is 16.8 Å². The number of hydrogen-bond acceptors (Lipinski definition) is 2. The maximum absolute atomic E-state index is 11.7. The molecule has 17 heavy (non-hydrogen) atoms. The second kappa shape index (κ2) is 4.67. The van der Waals surface area contributed by atoms with Gasteiger partial charge >= 0.3 is 0 Å². The first kappa shape index (κ1) is 12.4. The lowest BCUT2D eigenvalue weighted by atomic mass is 10.2. The van der Waals surface area contributed by atoms with Crippen molar-refractivity contribution >= 4 is 23.2 Å². The molecule has 1 amide bonds. The van der Waals surface area contributed by atoms with E-state index in [4.69, 9.17) is 11.6 Å². The molecule has 2 rings (SSSR count). The summed E-state index contributed by atoms with van der Waals surface area (Å²) >= 11 is 5.84. The summed E-state index contributed by atoms with van der Waals surface area (Å²) in [5.41, 5.74) is 1.08. The standard InChI is InChI=1S/C13H17ClN2O/c1-13(2)7-11(13)15-8-12(17)16-10-5-3-4-9(14)6-10/h3-6,11,15H,7-8H2,1-2H3,(H,16,17). The van der Waals surface area contributed by atoms with Gasteiger partial charge in [0.2, 0.25) is 5.91 Å². The Kier molecular flexibility index (Phi) is 3.40. The number of carbonyl (C=O) groups is 1. The quantitative estimate of drug-likeness (QED) is 0.865. The van der Waals surface area contributed by atoms with Crippen molar-refractivity contribution in [1.82, 2.24) is 5.32 Å². The van der Waals surface area contributed by atoms with Crippen molar-refractivity contribution in [1.29, 1.82) is 0 Å². The fourth-order valence-corrected chi connectivity index (χ4v) is 1.99. The first-order valence-corrected chi connectivity index (χ1v) is 6.14. The molecular formula is C13H17ClN2O. The lowest BCUT2D eigenvalue weighted by molar-refractivity contribution is -0.115. The highest BCUT2D eigenvalue weighted by atomic mass is 35.5. The fraction of sp³-hybridized carbons (Fsp3) is 0.462. The highest BCUT2D eigenvalue weighted by Crippen LogP contribution is 2.44.